The zero-order valence-corrected chi connectivity index (χ0v) is 18.5. The van der Waals surface area contributed by atoms with Crippen molar-refractivity contribution in [3.05, 3.63) is 46.7 Å². The molecule has 0 saturated carbocycles. The fraction of sp³-hybridized carbons (Fsp3) is 0.474. The molecule has 1 N–H and O–H groups in total. The van der Waals surface area contributed by atoms with E-state index in [-0.39, 0.29) is 22.4 Å². The van der Waals surface area contributed by atoms with Crippen molar-refractivity contribution in [2.75, 3.05) is 25.9 Å². The van der Waals surface area contributed by atoms with E-state index in [9.17, 15) is 16.8 Å². The highest BCUT2D eigenvalue weighted by Gasteiger charge is 2.27. The van der Waals surface area contributed by atoms with E-state index in [1.807, 2.05) is 17.5 Å². The molecule has 0 radical (unpaired) electrons. The van der Waals surface area contributed by atoms with Gasteiger partial charge in [0.1, 0.15) is 0 Å². The molecule has 28 heavy (non-hydrogen) atoms. The lowest BCUT2D eigenvalue weighted by molar-refractivity contribution is 0.141. The fourth-order valence-electron chi connectivity index (χ4n) is 3.37. The van der Waals surface area contributed by atoms with Crippen LogP contribution in [0.2, 0.25) is 0 Å². The number of rotatable bonds is 7. The van der Waals surface area contributed by atoms with E-state index in [2.05, 4.69) is 16.5 Å². The van der Waals surface area contributed by atoms with Crippen LogP contribution in [0.1, 0.15) is 30.7 Å². The van der Waals surface area contributed by atoms with Gasteiger partial charge in [0.05, 0.1) is 15.8 Å². The summed E-state index contributed by atoms with van der Waals surface area (Å²) in [6.07, 6.45) is 3.27. The Labute approximate surface area is 171 Å². The molecular weight excluding hydrogens is 416 g/mol. The van der Waals surface area contributed by atoms with Crippen molar-refractivity contribution in [2.24, 2.45) is 5.92 Å². The van der Waals surface area contributed by atoms with E-state index < -0.39 is 19.9 Å². The van der Waals surface area contributed by atoms with Crippen LogP contribution in [0.5, 0.6) is 0 Å². The first-order chi connectivity index (χ1) is 13.2. The second-order valence-electron chi connectivity index (χ2n) is 7.35. The Bertz CT molecular complexity index is 994. The first-order valence-corrected chi connectivity index (χ1v) is 13.5. The Balaban J connectivity index is 1.79. The van der Waals surface area contributed by atoms with Crippen LogP contribution in [0.15, 0.2) is 51.6 Å². The summed E-state index contributed by atoms with van der Waals surface area (Å²) in [5.74, 6) is 0.690. The maximum absolute atomic E-state index is 12.8. The van der Waals surface area contributed by atoms with E-state index in [4.69, 9.17) is 0 Å². The number of thiophene rings is 1. The molecule has 154 valence electrons. The summed E-state index contributed by atoms with van der Waals surface area (Å²) in [6.45, 7) is 4.37. The molecule has 9 heteroatoms. The van der Waals surface area contributed by atoms with Crippen LogP contribution in [0.3, 0.4) is 0 Å². The molecule has 0 bridgehead atoms. The molecule has 6 nitrogen and oxygen atoms in total. The van der Waals surface area contributed by atoms with E-state index in [0.717, 1.165) is 37.1 Å². The molecule has 2 heterocycles. The van der Waals surface area contributed by atoms with Crippen molar-refractivity contribution in [1.82, 2.24) is 9.62 Å². The maximum atomic E-state index is 12.8. The third-order valence-electron chi connectivity index (χ3n) is 5.14. The van der Waals surface area contributed by atoms with Gasteiger partial charge in [-0.1, -0.05) is 19.1 Å². The fourth-order valence-corrected chi connectivity index (χ4v) is 6.06. The molecule has 1 saturated heterocycles. The van der Waals surface area contributed by atoms with Crippen LogP contribution < -0.4 is 4.72 Å². The van der Waals surface area contributed by atoms with Gasteiger partial charge >= 0.3 is 0 Å². The lowest BCUT2D eigenvalue weighted by Gasteiger charge is -2.36. The average molecular weight is 443 g/mol. The highest BCUT2D eigenvalue weighted by molar-refractivity contribution is 7.91. The molecule has 1 fully saturated rings. The minimum Gasteiger partial charge on any atom is -0.294 e. The highest BCUT2D eigenvalue weighted by Crippen LogP contribution is 2.29. The summed E-state index contributed by atoms with van der Waals surface area (Å²) < 4.78 is 51.8. The van der Waals surface area contributed by atoms with Crippen LogP contribution in [-0.2, 0) is 19.9 Å². The largest absolute Gasteiger partial charge is 0.294 e. The zero-order valence-electron chi connectivity index (χ0n) is 16.0. The first-order valence-electron chi connectivity index (χ1n) is 9.24. The van der Waals surface area contributed by atoms with Gasteiger partial charge in [0.2, 0.25) is 10.0 Å². The molecule has 3 rings (SSSR count). The zero-order chi connectivity index (χ0) is 20.4. The predicted molar refractivity (Wildman–Crippen MR) is 112 cm³/mol. The van der Waals surface area contributed by atoms with E-state index >= 15 is 0 Å². The summed E-state index contributed by atoms with van der Waals surface area (Å²) in [4.78, 5) is 3.42. The van der Waals surface area contributed by atoms with Crippen molar-refractivity contribution >= 4 is 31.2 Å². The van der Waals surface area contributed by atoms with Crippen LogP contribution in [0, 0.1) is 5.92 Å². The molecule has 1 aromatic heterocycles. The van der Waals surface area contributed by atoms with Crippen molar-refractivity contribution in [3.63, 3.8) is 0 Å². The smallest absolute Gasteiger partial charge is 0.240 e. The van der Waals surface area contributed by atoms with Crippen molar-refractivity contribution in [1.29, 1.82) is 0 Å². The SMILES string of the molecule is CC1CCN(C(CNS(=O)(=O)c2cccc(S(C)(=O)=O)c2)c2cccs2)CC1. The molecule has 0 spiro atoms. The predicted octanol–water partition coefficient (Wildman–Crippen LogP) is 2.90. The Morgan fingerprint density at radius 2 is 1.79 bits per heavy atom. The molecule has 0 amide bonds. The minimum atomic E-state index is -3.82. The van der Waals surface area contributed by atoms with Crippen LogP contribution in [-0.4, -0.2) is 47.6 Å². The molecule has 2 aromatic rings. The summed E-state index contributed by atoms with van der Waals surface area (Å²) in [5, 5.41) is 2.00. The Kier molecular flexibility index (Phi) is 6.61. The van der Waals surface area contributed by atoms with Crippen molar-refractivity contribution < 1.29 is 16.8 Å². The topological polar surface area (TPSA) is 83.6 Å². The number of nitrogens with zero attached hydrogens (tertiary/aromatic N) is 1. The highest BCUT2D eigenvalue weighted by atomic mass is 32.2. The van der Waals surface area contributed by atoms with Gasteiger partial charge in [0.15, 0.2) is 9.84 Å². The van der Waals surface area contributed by atoms with E-state index in [0.29, 0.717) is 5.92 Å². The molecule has 1 aromatic carbocycles. The van der Waals surface area contributed by atoms with Gasteiger partial charge < -0.3 is 0 Å². The first kappa shape index (κ1) is 21.4. The molecular formula is C19H26N2O4S3. The minimum absolute atomic E-state index is 0.00444. The molecule has 1 aliphatic heterocycles. The quantitative estimate of drug-likeness (QED) is 0.713. The van der Waals surface area contributed by atoms with Gasteiger partial charge in [-0.3, -0.25) is 4.90 Å². The second-order valence-corrected chi connectivity index (χ2v) is 12.1. The van der Waals surface area contributed by atoms with Crippen LogP contribution >= 0.6 is 11.3 Å². The van der Waals surface area contributed by atoms with Gasteiger partial charge in [0, 0.05) is 17.7 Å². The van der Waals surface area contributed by atoms with Crippen molar-refractivity contribution in [3.8, 4) is 0 Å². The normalized spacial score (nSPS) is 18.2. The summed E-state index contributed by atoms with van der Waals surface area (Å²) in [5.41, 5.74) is 0. The number of hydrogen-bond donors (Lipinski definition) is 1. The van der Waals surface area contributed by atoms with Gasteiger partial charge in [-0.15, -0.1) is 11.3 Å². The number of likely N-dealkylation sites (tertiary alicyclic amines) is 1. The number of nitrogens with one attached hydrogen (secondary N) is 1. The van der Waals surface area contributed by atoms with E-state index in [1.54, 1.807) is 11.3 Å². The standard InChI is InChI=1S/C19H26N2O4S3/c1-15-8-10-21(11-9-15)18(19-7-4-12-26-19)14-20-28(24,25)17-6-3-5-16(13-17)27(2,22)23/h3-7,12-13,15,18,20H,8-11,14H2,1-2H3. The average Bonchev–Trinajstić information content (AvgIpc) is 3.17. The number of sulfone groups is 1. The van der Waals surface area contributed by atoms with Gasteiger partial charge in [-0.05, 0) is 61.5 Å². The van der Waals surface area contributed by atoms with Crippen LogP contribution in [0.4, 0.5) is 0 Å². The maximum Gasteiger partial charge on any atom is 0.240 e. The third-order valence-corrected chi connectivity index (χ3v) is 8.65. The molecule has 1 atom stereocenters. The Morgan fingerprint density at radius 1 is 1.11 bits per heavy atom. The van der Waals surface area contributed by atoms with Crippen LogP contribution in [0.25, 0.3) is 0 Å². The van der Waals surface area contributed by atoms with Gasteiger partial charge in [-0.25, -0.2) is 21.6 Å². The molecule has 1 unspecified atom stereocenters. The van der Waals surface area contributed by atoms with E-state index in [1.165, 1.54) is 24.3 Å². The summed E-state index contributed by atoms with van der Waals surface area (Å²) in [6, 6.07) is 9.46. The van der Waals surface area contributed by atoms with Gasteiger partial charge in [0.25, 0.3) is 0 Å². The number of benzene rings is 1. The molecule has 0 aliphatic carbocycles. The van der Waals surface area contributed by atoms with Gasteiger partial charge in [-0.2, -0.15) is 0 Å². The Morgan fingerprint density at radius 3 is 2.39 bits per heavy atom. The second kappa shape index (κ2) is 8.62. The summed E-state index contributed by atoms with van der Waals surface area (Å²) in [7, 11) is -7.29. The lowest BCUT2D eigenvalue weighted by atomic mass is 9.97. The summed E-state index contributed by atoms with van der Waals surface area (Å²) >= 11 is 1.62. The third kappa shape index (κ3) is 5.21. The monoisotopic (exact) mass is 442 g/mol. The lowest BCUT2D eigenvalue weighted by Crippen LogP contribution is -2.41. The molecule has 1 aliphatic rings. The van der Waals surface area contributed by atoms with Crippen molar-refractivity contribution in [2.45, 2.75) is 35.6 Å². The Hall–Kier alpha value is -1.26. The number of hydrogen-bond acceptors (Lipinski definition) is 6. The number of piperidine rings is 1. The number of sulfonamides is 1.